The summed E-state index contributed by atoms with van der Waals surface area (Å²) in [4.78, 5) is 11.6. The molecule has 0 amide bonds. The number of carbonyl (C=O) groups excluding carboxylic acids is 1. The SMILES string of the molecule is COc1cc(C=O)cc(S(=O)c2ccccc2)c1O. The van der Waals surface area contributed by atoms with Crippen LogP contribution in [0.3, 0.4) is 0 Å². The van der Waals surface area contributed by atoms with Crippen molar-refractivity contribution in [3.63, 3.8) is 0 Å². The predicted molar refractivity (Wildman–Crippen MR) is 71.2 cm³/mol. The van der Waals surface area contributed by atoms with Crippen LogP contribution in [0.1, 0.15) is 10.4 Å². The van der Waals surface area contributed by atoms with Crippen molar-refractivity contribution in [2.75, 3.05) is 7.11 Å². The Bertz CT molecular complexity index is 623. The van der Waals surface area contributed by atoms with E-state index in [9.17, 15) is 14.1 Å². The zero-order valence-corrected chi connectivity index (χ0v) is 11.0. The molecule has 0 aromatic heterocycles. The molecule has 1 N–H and O–H groups in total. The van der Waals surface area contributed by atoms with E-state index < -0.39 is 10.8 Å². The van der Waals surface area contributed by atoms with Crippen molar-refractivity contribution < 1.29 is 18.8 Å². The van der Waals surface area contributed by atoms with Crippen molar-refractivity contribution in [3.05, 3.63) is 48.0 Å². The number of hydrogen-bond donors (Lipinski definition) is 1. The number of aldehydes is 1. The van der Waals surface area contributed by atoms with Gasteiger partial charge in [-0.2, -0.15) is 0 Å². The summed E-state index contributed by atoms with van der Waals surface area (Å²) in [7, 11) is -0.197. The first-order valence-corrected chi connectivity index (χ1v) is 6.65. The maximum Gasteiger partial charge on any atom is 0.174 e. The molecule has 2 aromatic carbocycles. The first-order valence-electron chi connectivity index (χ1n) is 5.50. The van der Waals surface area contributed by atoms with Crippen LogP contribution in [-0.4, -0.2) is 22.7 Å². The van der Waals surface area contributed by atoms with Crippen LogP contribution in [0.15, 0.2) is 52.3 Å². The van der Waals surface area contributed by atoms with Gasteiger partial charge in [0.2, 0.25) is 0 Å². The normalized spacial score (nSPS) is 11.8. The Morgan fingerprint density at radius 3 is 2.47 bits per heavy atom. The molecule has 0 aliphatic rings. The van der Waals surface area contributed by atoms with Gasteiger partial charge < -0.3 is 9.84 Å². The average Bonchev–Trinajstić information content (AvgIpc) is 2.47. The molecule has 0 saturated heterocycles. The molecular formula is C14H12O4S. The molecule has 19 heavy (non-hydrogen) atoms. The molecule has 0 heterocycles. The quantitative estimate of drug-likeness (QED) is 0.871. The summed E-state index contributed by atoms with van der Waals surface area (Å²) in [5, 5.41) is 10.0. The lowest BCUT2D eigenvalue weighted by atomic mass is 10.2. The lowest BCUT2D eigenvalue weighted by Crippen LogP contribution is -1.97. The number of hydrogen-bond acceptors (Lipinski definition) is 4. The summed E-state index contributed by atoms with van der Waals surface area (Å²) in [6, 6.07) is 11.5. The molecular weight excluding hydrogens is 264 g/mol. The molecule has 0 bridgehead atoms. The second-order valence-electron chi connectivity index (χ2n) is 3.77. The molecule has 4 nitrogen and oxygen atoms in total. The second kappa shape index (κ2) is 5.67. The van der Waals surface area contributed by atoms with Gasteiger partial charge in [-0.1, -0.05) is 18.2 Å². The fraction of sp³-hybridized carbons (Fsp3) is 0.0714. The van der Waals surface area contributed by atoms with Gasteiger partial charge >= 0.3 is 0 Å². The van der Waals surface area contributed by atoms with Gasteiger partial charge in [-0.25, -0.2) is 4.21 Å². The predicted octanol–water partition coefficient (Wildman–Crippen LogP) is 2.38. The number of phenolic OH excluding ortho intramolecular Hbond substituents is 1. The topological polar surface area (TPSA) is 63.6 Å². The Morgan fingerprint density at radius 2 is 1.89 bits per heavy atom. The van der Waals surface area contributed by atoms with E-state index >= 15 is 0 Å². The van der Waals surface area contributed by atoms with Crippen molar-refractivity contribution in [2.24, 2.45) is 0 Å². The van der Waals surface area contributed by atoms with Crippen molar-refractivity contribution in [1.82, 2.24) is 0 Å². The van der Waals surface area contributed by atoms with E-state index in [0.717, 1.165) is 0 Å². The molecule has 2 aromatic rings. The first-order chi connectivity index (χ1) is 9.17. The van der Waals surface area contributed by atoms with Crippen molar-refractivity contribution in [2.45, 2.75) is 9.79 Å². The van der Waals surface area contributed by atoms with E-state index in [1.807, 2.05) is 6.07 Å². The first kappa shape index (κ1) is 13.3. The Hall–Kier alpha value is -2.14. The average molecular weight is 276 g/mol. The smallest absolute Gasteiger partial charge is 0.174 e. The number of benzene rings is 2. The molecule has 0 spiro atoms. The maximum atomic E-state index is 12.4. The Labute approximate surface area is 113 Å². The molecule has 0 aliphatic heterocycles. The van der Waals surface area contributed by atoms with Gasteiger partial charge in [0, 0.05) is 10.5 Å². The monoisotopic (exact) mass is 276 g/mol. The zero-order chi connectivity index (χ0) is 13.8. The lowest BCUT2D eigenvalue weighted by Gasteiger charge is -2.10. The summed E-state index contributed by atoms with van der Waals surface area (Å²) in [6.45, 7) is 0. The number of ether oxygens (including phenoxy) is 1. The Kier molecular flexibility index (Phi) is 3.97. The van der Waals surface area contributed by atoms with Crippen LogP contribution in [0, 0.1) is 0 Å². The lowest BCUT2D eigenvalue weighted by molar-refractivity contribution is 0.112. The van der Waals surface area contributed by atoms with Crippen LogP contribution < -0.4 is 4.74 Å². The minimum absolute atomic E-state index is 0.129. The fourth-order valence-corrected chi connectivity index (χ4v) is 2.82. The Balaban J connectivity index is 2.56. The van der Waals surface area contributed by atoms with Crippen LogP contribution >= 0.6 is 0 Å². The third kappa shape index (κ3) is 2.66. The highest BCUT2D eigenvalue weighted by molar-refractivity contribution is 7.85. The highest BCUT2D eigenvalue weighted by Crippen LogP contribution is 2.35. The van der Waals surface area contributed by atoms with Crippen molar-refractivity contribution in [3.8, 4) is 11.5 Å². The number of phenols is 1. The third-order valence-electron chi connectivity index (χ3n) is 2.58. The van der Waals surface area contributed by atoms with Gasteiger partial charge in [0.25, 0.3) is 0 Å². The molecule has 98 valence electrons. The van der Waals surface area contributed by atoms with Crippen LogP contribution in [-0.2, 0) is 10.8 Å². The summed E-state index contributed by atoms with van der Waals surface area (Å²) in [6.07, 6.45) is 0.619. The molecule has 0 aliphatic carbocycles. The molecule has 2 rings (SSSR count). The number of carbonyl (C=O) groups is 1. The van der Waals surface area contributed by atoms with Gasteiger partial charge in [0.1, 0.15) is 6.29 Å². The van der Waals surface area contributed by atoms with Gasteiger partial charge in [0.05, 0.1) is 22.8 Å². The van der Waals surface area contributed by atoms with E-state index in [4.69, 9.17) is 4.74 Å². The van der Waals surface area contributed by atoms with Crippen LogP contribution in [0.4, 0.5) is 0 Å². The summed E-state index contributed by atoms with van der Waals surface area (Å²) in [5.74, 6) is -0.0841. The van der Waals surface area contributed by atoms with Gasteiger partial charge in [0.15, 0.2) is 11.5 Å². The molecule has 0 radical (unpaired) electrons. The van der Waals surface area contributed by atoms with E-state index in [1.54, 1.807) is 24.3 Å². The summed E-state index contributed by atoms with van der Waals surface area (Å²) >= 11 is 0. The van der Waals surface area contributed by atoms with E-state index in [2.05, 4.69) is 0 Å². The maximum absolute atomic E-state index is 12.4. The number of methoxy groups -OCH3 is 1. The van der Waals surface area contributed by atoms with E-state index in [1.165, 1.54) is 19.2 Å². The highest BCUT2D eigenvalue weighted by Gasteiger charge is 2.17. The van der Waals surface area contributed by atoms with Crippen LogP contribution in [0.2, 0.25) is 0 Å². The van der Waals surface area contributed by atoms with Crippen LogP contribution in [0.25, 0.3) is 0 Å². The zero-order valence-electron chi connectivity index (χ0n) is 10.2. The Morgan fingerprint density at radius 1 is 1.21 bits per heavy atom. The van der Waals surface area contributed by atoms with Crippen molar-refractivity contribution >= 4 is 17.1 Å². The third-order valence-corrected chi connectivity index (χ3v) is 3.99. The second-order valence-corrected chi connectivity index (χ2v) is 5.22. The summed E-state index contributed by atoms with van der Waals surface area (Å²) < 4.78 is 17.4. The number of aromatic hydroxyl groups is 1. The molecule has 0 fully saturated rings. The van der Waals surface area contributed by atoms with Gasteiger partial charge in [-0.15, -0.1) is 0 Å². The largest absolute Gasteiger partial charge is 0.503 e. The van der Waals surface area contributed by atoms with E-state index in [-0.39, 0.29) is 16.4 Å². The standard InChI is InChI=1S/C14H12O4S/c1-18-12-7-10(9-15)8-13(14(12)16)19(17)11-5-3-2-4-6-11/h2-9,16H,1H3. The summed E-state index contributed by atoms with van der Waals surface area (Å²) in [5.41, 5.74) is 0.300. The van der Waals surface area contributed by atoms with E-state index in [0.29, 0.717) is 16.7 Å². The molecule has 5 heteroatoms. The minimum Gasteiger partial charge on any atom is -0.503 e. The van der Waals surface area contributed by atoms with Crippen LogP contribution in [0.5, 0.6) is 11.5 Å². The molecule has 0 saturated carbocycles. The number of rotatable bonds is 4. The minimum atomic E-state index is -1.57. The molecule has 1 atom stereocenters. The van der Waals surface area contributed by atoms with Crippen molar-refractivity contribution in [1.29, 1.82) is 0 Å². The fourth-order valence-electron chi connectivity index (χ4n) is 1.64. The van der Waals surface area contributed by atoms with Gasteiger partial charge in [-0.3, -0.25) is 4.79 Å². The van der Waals surface area contributed by atoms with Gasteiger partial charge in [-0.05, 0) is 24.3 Å². The molecule has 1 unspecified atom stereocenters. The highest BCUT2D eigenvalue weighted by atomic mass is 32.2.